The van der Waals surface area contributed by atoms with Gasteiger partial charge in [-0.3, -0.25) is 0 Å². The van der Waals surface area contributed by atoms with Crippen molar-refractivity contribution in [3.63, 3.8) is 0 Å². The Hall–Kier alpha value is -1.36. The van der Waals surface area contributed by atoms with E-state index >= 15 is 0 Å². The molecule has 106 valence electrons. The summed E-state index contributed by atoms with van der Waals surface area (Å²) >= 11 is 0. The van der Waals surface area contributed by atoms with Crippen LogP contribution in [0.4, 0.5) is 11.8 Å². The zero-order chi connectivity index (χ0) is 13.7. The van der Waals surface area contributed by atoms with Crippen LogP contribution < -0.4 is 10.6 Å². The molecule has 1 aromatic heterocycles. The Kier molecular flexibility index (Phi) is 4.96. The lowest BCUT2D eigenvalue weighted by Crippen LogP contribution is -2.21. The Morgan fingerprint density at radius 3 is 3.00 bits per heavy atom. The molecule has 2 unspecified atom stereocenters. The van der Waals surface area contributed by atoms with Gasteiger partial charge in [0.15, 0.2) is 0 Å². The fourth-order valence-corrected chi connectivity index (χ4v) is 2.09. The molecule has 1 fully saturated rings. The first kappa shape index (κ1) is 14.1. The average Bonchev–Trinajstić information content (AvgIpc) is 2.88. The molecular weight excluding hydrogens is 240 g/mol. The average molecular weight is 264 g/mol. The van der Waals surface area contributed by atoms with Crippen LogP contribution in [0.1, 0.15) is 38.8 Å². The number of nitrogens with zero attached hydrogens (tertiary/aromatic N) is 2. The lowest BCUT2D eigenvalue weighted by atomic mass is 10.2. The highest BCUT2D eigenvalue weighted by Gasteiger charge is 2.15. The van der Waals surface area contributed by atoms with Crippen molar-refractivity contribution >= 4 is 11.8 Å². The molecule has 2 rings (SSSR count). The first-order chi connectivity index (χ1) is 9.17. The summed E-state index contributed by atoms with van der Waals surface area (Å²) in [4.78, 5) is 8.90. The summed E-state index contributed by atoms with van der Waals surface area (Å²) < 4.78 is 5.58. The van der Waals surface area contributed by atoms with E-state index in [4.69, 9.17) is 4.74 Å². The van der Waals surface area contributed by atoms with Crippen LogP contribution in [0.15, 0.2) is 6.07 Å². The van der Waals surface area contributed by atoms with Gasteiger partial charge in [-0.2, -0.15) is 4.98 Å². The van der Waals surface area contributed by atoms with Gasteiger partial charge < -0.3 is 15.4 Å². The number of aromatic nitrogens is 2. The second-order valence-corrected chi connectivity index (χ2v) is 5.19. The second-order valence-electron chi connectivity index (χ2n) is 5.19. The molecule has 0 amide bonds. The Morgan fingerprint density at radius 2 is 2.32 bits per heavy atom. The maximum Gasteiger partial charge on any atom is 0.224 e. The second kappa shape index (κ2) is 6.70. The predicted octanol–water partition coefficient (Wildman–Crippen LogP) is 2.59. The Balaban J connectivity index is 1.95. The van der Waals surface area contributed by atoms with Crippen LogP contribution in [0, 0.1) is 6.92 Å². The molecular formula is C14H24N4O. The minimum Gasteiger partial charge on any atom is -0.376 e. The largest absolute Gasteiger partial charge is 0.376 e. The van der Waals surface area contributed by atoms with Gasteiger partial charge in [0.2, 0.25) is 5.95 Å². The number of ether oxygens (including phenoxy) is 1. The molecule has 0 saturated carbocycles. The Labute approximate surface area is 115 Å². The van der Waals surface area contributed by atoms with E-state index in [0.29, 0.717) is 18.1 Å². The summed E-state index contributed by atoms with van der Waals surface area (Å²) in [5.41, 5.74) is 0.968. The molecule has 5 heteroatoms. The number of hydrogen-bond donors (Lipinski definition) is 2. The van der Waals surface area contributed by atoms with E-state index in [9.17, 15) is 0 Å². The third-order valence-corrected chi connectivity index (χ3v) is 3.37. The van der Waals surface area contributed by atoms with E-state index in [1.807, 2.05) is 13.0 Å². The zero-order valence-electron chi connectivity index (χ0n) is 12.1. The first-order valence-corrected chi connectivity index (χ1v) is 7.15. The van der Waals surface area contributed by atoms with Gasteiger partial charge >= 0.3 is 0 Å². The smallest absolute Gasteiger partial charge is 0.224 e. The molecule has 2 N–H and O–H groups in total. The van der Waals surface area contributed by atoms with E-state index < -0.39 is 0 Å². The fourth-order valence-electron chi connectivity index (χ4n) is 2.09. The van der Waals surface area contributed by atoms with Crippen LogP contribution in [-0.4, -0.2) is 35.3 Å². The lowest BCUT2D eigenvalue weighted by Gasteiger charge is -2.15. The van der Waals surface area contributed by atoms with Crippen molar-refractivity contribution in [2.45, 2.75) is 52.2 Å². The van der Waals surface area contributed by atoms with Gasteiger partial charge in [-0.15, -0.1) is 0 Å². The summed E-state index contributed by atoms with van der Waals surface area (Å²) in [5, 5.41) is 6.65. The van der Waals surface area contributed by atoms with E-state index in [2.05, 4.69) is 34.4 Å². The molecule has 1 saturated heterocycles. The SMILES string of the molecule is CCC(C)Nc1cc(C)nc(NCC2CCCO2)n1. The van der Waals surface area contributed by atoms with E-state index in [-0.39, 0.29) is 0 Å². The normalized spacial score (nSPS) is 20.3. The molecule has 2 heterocycles. The standard InChI is InChI=1S/C14H24N4O/c1-4-10(2)16-13-8-11(3)17-14(18-13)15-9-12-6-5-7-19-12/h8,10,12H,4-7,9H2,1-3H3,(H2,15,16,17,18). The molecule has 0 bridgehead atoms. The van der Waals surface area contributed by atoms with Gasteiger partial charge in [-0.1, -0.05) is 6.92 Å². The molecule has 0 aliphatic carbocycles. The highest BCUT2D eigenvalue weighted by molar-refractivity contribution is 5.42. The maximum atomic E-state index is 5.58. The van der Waals surface area contributed by atoms with Crippen molar-refractivity contribution in [1.82, 2.24) is 9.97 Å². The van der Waals surface area contributed by atoms with Crippen LogP contribution in [0.5, 0.6) is 0 Å². The van der Waals surface area contributed by atoms with Gasteiger partial charge in [-0.05, 0) is 33.1 Å². The topological polar surface area (TPSA) is 59.1 Å². The lowest BCUT2D eigenvalue weighted by molar-refractivity contribution is 0.120. The van der Waals surface area contributed by atoms with E-state index in [0.717, 1.165) is 43.9 Å². The first-order valence-electron chi connectivity index (χ1n) is 7.15. The molecule has 1 aliphatic heterocycles. The van der Waals surface area contributed by atoms with Gasteiger partial charge in [0.05, 0.1) is 6.10 Å². The minimum absolute atomic E-state index is 0.301. The minimum atomic E-state index is 0.301. The predicted molar refractivity (Wildman–Crippen MR) is 77.6 cm³/mol. The highest BCUT2D eigenvalue weighted by atomic mass is 16.5. The zero-order valence-corrected chi connectivity index (χ0v) is 12.1. The van der Waals surface area contributed by atoms with Crippen LogP contribution >= 0.6 is 0 Å². The summed E-state index contributed by atoms with van der Waals surface area (Å²) in [6.07, 6.45) is 3.65. The molecule has 19 heavy (non-hydrogen) atoms. The van der Waals surface area contributed by atoms with Gasteiger partial charge in [0.1, 0.15) is 5.82 Å². The number of nitrogens with one attached hydrogen (secondary N) is 2. The molecule has 1 aliphatic rings. The van der Waals surface area contributed by atoms with Crippen molar-refractivity contribution in [3.8, 4) is 0 Å². The van der Waals surface area contributed by atoms with Crippen LogP contribution in [0.2, 0.25) is 0 Å². The Bertz CT molecular complexity index is 404. The molecule has 2 atom stereocenters. The van der Waals surface area contributed by atoms with Crippen molar-refractivity contribution in [2.75, 3.05) is 23.8 Å². The van der Waals surface area contributed by atoms with Crippen molar-refractivity contribution in [3.05, 3.63) is 11.8 Å². The number of rotatable bonds is 6. The summed E-state index contributed by atoms with van der Waals surface area (Å²) in [5.74, 6) is 1.57. The highest BCUT2D eigenvalue weighted by Crippen LogP contribution is 2.14. The van der Waals surface area contributed by atoms with Gasteiger partial charge in [-0.25, -0.2) is 4.98 Å². The van der Waals surface area contributed by atoms with E-state index in [1.165, 1.54) is 0 Å². The van der Waals surface area contributed by atoms with Crippen LogP contribution in [-0.2, 0) is 4.74 Å². The summed E-state index contributed by atoms with van der Waals surface area (Å²) in [7, 11) is 0. The van der Waals surface area contributed by atoms with Crippen molar-refractivity contribution in [1.29, 1.82) is 0 Å². The quantitative estimate of drug-likeness (QED) is 0.827. The molecule has 0 spiro atoms. The maximum absolute atomic E-state index is 5.58. The molecule has 1 aromatic rings. The monoisotopic (exact) mass is 264 g/mol. The summed E-state index contributed by atoms with van der Waals surface area (Å²) in [6.45, 7) is 7.95. The number of anilines is 2. The Morgan fingerprint density at radius 1 is 1.47 bits per heavy atom. The van der Waals surface area contributed by atoms with Crippen molar-refractivity contribution < 1.29 is 4.74 Å². The van der Waals surface area contributed by atoms with Crippen LogP contribution in [0.25, 0.3) is 0 Å². The molecule has 0 aromatic carbocycles. The molecule has 5 nitrogen and oxygen atoms in total. The molecule has 0 radical (unpaired) electrons. The third-order valence-electron chi connectivity index (χ3n) is 3.37. The third kappa shape index (κ3) is 4.35. The van der Waals surface area contributed by atoms with Gasteiger partial charge in [0.25, 0.3) is 0 Å². The fraction of sp³-hybridized carbons (Fsp3) is 0.714. The number of aryl methyl sites for hydroxylation is 1. The number of hydrogen-bond acceptors (Lipinski definition) is 5. The summed E-state index contributed by atoms with van der Waals surface area (Å²) in [6, 6.07) is 2.39. The van der Waals surface area contributed by atoms with Crippen molar-refractivity contribution in [2.24, 2.45) is 0 Å². The van der Waals surface area contributed by atoms with E-state index in [1.54, 1.807) is 0 Å². The van der Waals surface area contributed by atoms with Gasteiger partial charge in [0, 0.05) is 31.0 Å². The van der Waals surface area contributed by atoms with Crippen LogP contribution in [0.3, 0.4) is 0 Å².